The molecule has 0 heterocycles. The Bertz CT molecular complexity index is 223. The van der Waals surface area contributed by atoms with Crippen molar-refractivity contribution in [1.29, 1.82) is 0 Å². The Kier molecular flexibility index (Phi) is 2.03. The molecule has 0 aromatic heterocycles. The standard InChI is InChI=1S/C12H21N/c1-11(2,12(13)8-9-12)10-6-4-3-5-7-10/h3-4,10H,5-9,13H2,1-2H3. The van der Waals surface area contributed by atoms with E-state index < -0.39 is 0 Å². The van der Waals surface area contributed by atoms with Gasteiger partial charge >= 0.3 is 0 Å². The fraction of sp³-hybridized carbons (Fsp3) is 0.833. The molecule has 1 fully saturated rings. The Labute approximate surface area is 81.4 Å². The van der Waals surface area contributed by atoms with Gasteiger partial charge in [-0.1, -0.05) is 26.0 Å². The number of hydrogen-bond donors (Lipinski definition) is 1. The molecular weight excluding hydrogens is 158 g/mol. The van der Waals surface area contributed by atoms with E-state index in [1.807, 2.05) is 0 Å². The van der Waals surface area contributed by atoms with E-state index in [0.29, 0.717) is 5.41 Å². The largest absolute Gasteiger partial charge is 0.325 e. The van der Waals surface area contributed by atoms with Gasteiger partial charge in [0.05, 0.1) is 0 Å². The zero-order valence-electron chi connectivity index (χ0n) is 8.84. The van der Waals surface area contributed by atoms with Gasteiger partial charge in [0.25, 0.3) is 0 Å². The van der Waals surface area contributed by atoms with E-state index >= 15 is 0 Å². The minimum Gasteiger partial charge on any atom is -0.325 e. The quantitative estimate of drug-likeness (QED) is 0.648. The lowest BCUT2D eigenvalue weighted by atomic mass is 9.67. The van der Waals surface area contributed by atoms with Crippen LogP contribution in [0.4, 0.5) is 0 Å². The van der Waals surface area contributed by atoms with Gasteiger partial charge in [-0.2, -0.15) is 0 Å². The Morgan fingerprint density at radius 3 is 2.46 bits per heavy atom. The maximum Gasteiger partial charge on any atom is 0.0210 e. The molecule has 2 aliphatic rings. The zero-order chi connectivity index (χ0) is 9.53. The highest BCUT2D eigenvalue weighted by Crippen LogP contribution is 2.54. The van der Waals surface area contributed by atoms with E-state index in [9.17, 15) is 0 Å². The van der Waals surface area contributed by atoms with E-state index in [1.165, 1.54) is 32.1 Å². The average Bonchev–Trinajstić information content (AvgIpc) is 2.87. The van der Waals surface area contributed by atoms with Gasteiger partial charge in [0.1, 0.15) is 0 Å². The SMILES string of the molecule is CC(C)(C1CC=CCC1)C1(N)CC1. The lowest BCUT2D eigenvalue weighted by Crippen LogP contribution is -2.45. The molecule has 2 aliphatic carbocycles. The molecule has 0 aromatic rings. The van der Waals surface area contributed by atoms with Crippen LogP contribution in [0.1, 0.15) is 46.0 Å². The van der Waals surface area contributed by atoms with E-state index in [2.05, 4.69) is 26.0 Å². The van der Waals surface area contributed by atoms with Gasteiger partial charge in [-0.25, -0.2) is 0 Å². The Morgan fingerprint density at radius 2 is 2.00 bits per heavy atom. The topological polar surface area (TPSA) is 26.0 Å². The first-order valence-electron chi connectivity index (χ1n) is 5.50. The van der Waals surface area contributed by atoms with Gasteiger partial charge in [0, 0.05) is 5.54 Å². The van der Waals surface area contributed by atoms with Gasteiger partial charge in [0.2, 0.25) is 0 Å². The molecule has 0 radical (unpaired) electrons. The lowest BCUT2D eigenvalue weighted by Gasteiger charge is -2.40. The van der Waals surface area contributed by atoms with Crippen LogP contribution < -0.4 is 5.73 Å². The molecule has 0 saturated heterocycles. The van der Waals surface area contributed by atoms with Crippen molar-refractivity contribution in [2.24, 2.45) is 17.1 Å². The first kappa shape index (κ1) is 9.26. The summed E-state index contributed by atoms with van der Waals surface area (Å²) in [7, 11) is 0. The molecule has 0 aliphatic heterocycles. The maximum atomic E-state index is 6.33. The van der Waals surface area contributed by atoms with Crippen molar-refractivity contribution < 1.29 is 0 Å². The third-order valence-corrected chi connectivity index (χ3v) is 4.36. The van der Waals surface area contributed by atoms with Crippen LogP contribution in [0.5, 0.6) is 0 Å². The first-order valence-corrected chi connectivity index (χ1v) is 5.50. The molecule has 0 spiro atoms. The lowest BCUT2D eigenvalue weighted by molar-refractivity contribution is 0.140. The molecule has 1 heteroatoms. The Balaban J connectivity index is 2.09. The van der Waals surface area contributed by atoms with Crippen molar-refractivity contribution in [2.75, 3.05) is 0 Å². The van der Waals surface area contributed by atoms with E-state index in [4.69, 9.17) is 5.73 Å². The fourth-order valence-corrected chi connectivity index (χ4v) is 2.63. The summed E-state index contributed by atoms with van der Waals surface area (Å²) in [6.07, 6.45) is 10.9. The van der Waals surface area contributed by atoms with E-state index in [1.54, 1.807) is 0 Å². The Hall–Kier alpha value is -0.300. The summed E-state index contributed by atoms with van der Waals surface area (Å²) in [5, 5.41) is 0. The highest BCUT2D eigenvalue weighted by Gasteiger charge is 2.53. The summed E-state index contributed by atoms with van der Waals surface area (Å²) in [5.41, 5.74) is 6.85. The van der Waals surface area contributed by atoms with Gasteiger partial charge in [-0.15, -0.1) is 0 Å². The molecule has 0 amide bonds. The second kappa shape index (κ2) is 2.84. The maximum absolute atomic E-state index is 6.33. The van der Waals surface area contributed by atoms with Crippen LogP contribution >= 0.6 is 0 Å². The molecule has 2 rings (SSSR count). The van der Waals surface area contributed by atoms with Crippen molar-refractivity contribution in [3.05, 3.63) is 12.2 Å². The predicted octanol–water partition coefficient (Wildman–Crippen LogP) is 2.86. The van der Waals surface area contributed by atoms with Gasteiger partial charge in [-0.05, 0) is 43.4 Å². The molecule has 1 saturated carbocycles. The smallest absolute Gasteiger partial charge is 0.0210 e. The zero-order valence-corrected chi connectivity index (χ0v) is 8.84. The molecule has 0 bridgehead atoms. The summed E-state index contributed by atoms with van der Waals surface area (Å²) in [6.45, 7) is 4.73. The van der Waals surface area contributed by atoms with Crippen LogP contribution in [0.25, 0.3) is 0 Å². The summed E-state index contributed by atoms with van der Waals surface area (Å²) < 4.78 is 0. The highest BCUT2D eigenvalue weighted by molar-refractivity contribution is 5.12. The minimum atomic E-state index is 0.169. The van der Waals surface area contributed by atoms with Crippen LogP contribution in [0.15, 0.2) is 12.2 Å². The molecule has 1 atom stereocenters. The monoisotopic (exact) mass is 179 g/mol. The second-order valence-electron chi connectivity index (χ2n) is 5.36. The minimum absolute atomic E-state index is 0.169. The molecule has 0 aromatic carbocycles. The first-order chi connectivity index (χ1) is 6.06. The van der Waals surface area contributed by atoms with Crippen molar-refractivity contribution >= 4 is 0 Å². The van der Waals surface area contributed by atoms with Crippen LogP contribution in [0, 0.1) is 11.3 Å². The molecule has 1 unspecified atom stereocenters. The van der Waals surface area contributed by atoms with Gasteiger partial charge < -0.3 is 5.73 Å². The molecule has 13 heavy (non-hydrogen) atoms. The summed E-state index contributed by atoms with van der Waals surface area (Å²) in [5.74, 6) is 0.810. The number of allylic oxidation sites excluding steroid dienone is 2. The van der Waals surface area contributed by atoms with Crippen LogP contribution in [-0.4, -0.2) is 5.54 Å². The van der Waals surface area contributed by atoms with Crippen LogP contribution in [-0.2, 0) is 0 Å². The van der Waals surface area contributed by atoms with Crippen molar-refractivity contribution in [3.8, 4) is 0 Å². The number of rotatable bonds is 2. The fourth-order valence-electron chi connectivity index (χ4n) is 2.63. The highest BCUT2D eigenvalue weighted by atomic mass is 14.9. The summed E-state index contributed by atoms with van der Waals surface area (Å²) in [6, 6.07) is 0. The van der Waals surface area contributed by atoms with Crippen molar-refractivity contribution in [2.45, 2.75) is 51.5 Å². The molecule has 74 valence electrons. The van der Waals surface area contributed by atoms with Crippen molar-refractivity contribution in [3.63, 3.8) is 0 Å². The van der Waals surface area contributed by atoms with Gasteiger partial charge in [-0.3, -0.25) is 0 Å². The second-order valence-corrected chi connectivity index (χ2v) is 5.36. The predicted molar refractivity (Wildman–Crippen MR) is 56.4 cm³/mol. The molecule has 1 nitrogen and oxygen atoms in total. The number of nitrogens with two attached hydrogens (primary N) is 1. The van der Waals surface area contributed by atoms with E-state index in [0.717, 1.165) is 5.92 Å². The van der Waals surface area contributed by atoms with Crippen molar-refractivity contribution in [1.82, 2.24) is 0 Å². The Morgan fingerprint density at radius 1 is 1.31 bits per heavy atom. The third-order valence-electron chi connectivity index (χ3n) is 4.36. The molecule has 2 N–H and O–H groups in total. The molecular formula is C12H21N. The third kappa shape index (κ3) is 1.43. The normalized spacial score (nSPS) is 31.8. The number of hydrogen-bond acceptors (Lipinski definition) is 1. The van der Waals surface area contributed by atoms with Crippen LogP contribution in [0.2, 0.25) is 0 Å². The average molecular weight is 179 g/mol. The van der Waals surface area contributed by atoms with E-state index in [-0.39, 0.29) is 5.54 Å². The summed E-state index contributed by atoms with van der Waals surface area (Å²) >= 11 is 0. The van der Waals surface area contributed by atoms with Crippen LogP contribution in [0.3, 0.4) is 0 Å². The van der Waals surface area contributed by atoms with Gasteiger partial charge in [0.15, 0.2) is 0 Å². The summed E-state index contributed by atoms with van der Waals surface area (Å²) in [4.78, 5) is 0.